The Labute approximate surface area is 185 Å². The standard InChI is InChI=1S/C18H15F3N4O3S3/c1-3-31(27,28)13-8-11(10-4-6-12(29)7-5-10)9-22-14(13)15(26)25(2)17-24-23-16(30-17)18(19,20)21/h4-9,29H,3H2,1-2H3. The number of carbonyl (C=O) groups is 1. The van der Waals surface area contributed by atoms with E-state index in [0.29, 0.717) is 16.0 Å². The Kier molecular flexibility index (Phi) is 6.39. The number of anilines is 1. The van der Waals surface area contributed by atoms with E-state index in [-0.39, 0.29) is 27.1 Å². The second-order valence-electron chi connectivity index (χ2n) is 6.27. The van der Waals surface area contributed by atoms with E-state index < -0.39 is 32.6 Å². The van der Waals surface area contributed by atoms with E-state index in [1.54, 1.807) is 24.3 Å². The van der Waals surface area contributed by atoms with Crippen LogP contribution in [0.25, 0.3) is 11.1 Å². The van der Waals surface area contributed by atoms with Gasteiger partial charge in [0.15, 0.2) is 9.84 Å². The lowest BCUT2D eigenvalue weighted by Crippen LogP contribution is -2.29. The van der Waals surface area contributed by atoms with Crippen molar-refractivity contribution in [2.24, 2.45) is 0 Å². The summed E-state index contributed by atoms with van der Waals surface area (Å²) in [5.41, 5.74) is 0.696. The van der Waals surface area contributed by atoms with Crippen molar-refractivity contribution >= 4 is 44.8 Å². The molecular formula is C18H15F3N4O3S3. The van der Waals surface area contributed by atoms with Crippen molar-refractivity contribution in [1.82, 2.24) is 15.2 Å². The van der Waals surface area contributed by atoms with Gasteiger partial charge in [-0.05, 0) is 23.8 Å². The minimum absolute atomic E-state index is 0.165. The summed E-state index contributed by atoms with van der Waals surface area (Å²) >= 11 is 4.37. The molecule has 0 aliphatic heterocycles. The van der Waals surface area contributed by atoms with Gasteiger partial charge in [0.1, 0.15) is 5.69 Å². The summed E-state index contributed by atoms with van der Waals surface area (Å²) in [6, 6.07) is 8.19. The van der Waals surface area contributed by atoms with Crippen molar-refractivity contribution in [2.45, 2.75) is 22.9 Å². The highest BCUT2D eigenvalue weighted by Gasteiger charge is 2.37. The van der Waals surface area contributed by atoms with Crippen molar-refractivity contribution < 1.29 is 26.4 Å². The van der Waals surface area contributed by atoms with Crippen molar-refractivity contribution in [2.75, 3.05) is 17.7 Å². The number of thiol groups is 1. The number of alkyl halides is 3. The molecule has 0 atom stereocenters. The first kappa shape index (κ1) is 23.2. The van der Waals surface area contributed by atoms with Gasteiger partial charge in [-0.2, -0.15) is 13.2 Å². The van der Waals surface area contributed by atoms with Crippen LogP contribution in [0.2, 0.25) is 0 Å². The highest BCUT2D eigenvalue weighted by atomic mass is 32.2. The van der Waals surface area contributed by atoms with Crippen LogP contribution in [0.5, 0.6) is 0 Å². The molecule has 0 N–H and O–H groups in total. The Morgan fingerprint density at radius 1 is 1.16 bits per heavy atom. The molecule has 3 rings (SSSR count). The molecule has 1 aromatic carbocycles. The molecule has 2 aromatic heterocycles. The zero-order chi connectivity index (χ0) is 23.0. The van der Waals surface area contributed by atoms with E-state index in [2.05, 4.69) is 27.8 Å². The molecule has 1 amide bonds. The van der Waals surface area contributed by atoms with Crippen LogP contribution < -0.4 is 4.90 Å². The second-order valence-corrected chi connectivity index (χ2v) is 9.99. The molecule has 0 aliphatic rings. The number of pyridine rings is 1. The predicted molar refractivity (Wildman–Crippen MR) is 112 cm³/mol. The summed E-state index contributed by atoms with van der Waals surface area (Å²) < 4.78 is 63.7. The van der Waals surface area contributed by atoms with Gasteiger partial charge in [0.25, 0.3) is 5.91 Å². The number of benzene rings is 1. The molecule has 0 saturated carbocycles. The quantitative estimate of drug-likeness (QED) is 0.546. The molecule has 164 valence electrons. The fourth-order valence-electron chi connectivity index (χ4n) is 2.52. The van der Waals surface area contributed by atoms with E-state index in [4.69, 9.17) is 0 Å². The molecular weight excluding hydrogens is 473 g/mol. The summed E-state index contributed by atoms with van der Waals surface area (Å²) in [4.78, 5) is 18.1. The van der Waals surface area contributed by atoms with Gasteiger partial charge < -0.3 is 0 Å². The third-order valence-corrected chi connectivity index (χ3v) is 7.30. The van der Waals surface area contributed by atoms with Gasteiger partial charge in [0.05, 0.1) is 10.6 Å². The Morgan fingerprint density at radius 3 is 2.35 bits per heavy atom. The maximum atomic E-state index is 12.9. The van der Waals surface area contributed by atoms with E-state index in [1.807, 2.05) is 0 Å². The number of aromatic nitrogens is 3. The third kappa shape index (κ3) is 4.88. The lowest BCUT2D eigenvalue weighted by Gasteiger charge is -2.16. The van der Waals surface area contributed by atoms with Crippen molar-refractivity contribution in [3.8, 4) is 11.1 Å². The van der Waals surface area contributed by atoms with Gasteiger partial charge in [-0.25, -0.2) is 13.4 Å². The highest BCUT2D eigenvalue weighted by molar-refractivity contribution is 7.91. The van der Waals surface area contributed by atoms with Gasteiger partial charge in [-0.15, -0.1) is 22.8 Å². The van der Waals surface area contributed by atoms with Crippen LogP contribution in [0, 0.1) is 0 Å². The average molecular weight is 489 g/mol. The number of halogens is 3. The second kappa shape index (κ2) is 8.55. The summed E-state index contributed by atoms with van der Waals surface area (Å²) in [6.07, 6.45) is -3.39. The number of rotatable bonds is 5. The van der Waals surface area contributed by atoms with Gasteiger partial charge >= 0.3 is 6.18 Å². The topological polar surface area (TPSA) is 93.1 Å². The van der Waals surface area contributed by atoms with Gasteiger partial charge in [0.2, 0.25) is 10.1 Å². The molecule has 31 heavy (non-hydrogen) atoms. The zero-order valence-corrected chi connectivity index (χ0v) is 18.6. The number of nitrogens with zero attached hydrogens (tertiary/aromatic N) is 4. The lowest BCUT2D eigenvalue weighted by atomic mass is 10.1. The predicted octanol–water partition coefficient (Wildman–Crippen LogP) is 3.98. The summed E-state index contributed by atoms with van der Waals surface area (Å²) in [5, 5.41) is 4.86. The molecule has 0 spiro atoms. The van der Waals surface area contributed by atoms with Gasteiger partial charge in [-0.3, -0.25) is 9.69 Å². The Hall–Kier alpha value is -2.51. The van der Waals surface area contributed by atoms with Crippen LogP contribution in [-0.4, -0.2) is 42.3 Å². The van der Waals surface area contributed by atoms with Crippen LogP contribution in [0.1, 0.15) is 22.4 Å². The van der Waals surface area contributed by atoms with Crippen LogP contribution in [0.15, 0.2) is 46.3 Å². The molecule has 0 saturated heterocycles. The minimum Gasteiger partial charge on any atom is -0.284 e. The number of carbonyl (C=O) groups excluding carboxylic acids is 1. The Balaban J connectivity index is 2.06. The monoisotopic (exact) mass is 488 g/mol. The SMILES string of the molecule is CCS(=O)(=O)c1cc(-c2ccc(S)cc2)cnc1C(=O)N(C)c1nnc(C(F)(F)F)s1. The summed E-state index contributed by atoms with van der Waals surface area (Å²) in [6.45, 7) is 1.41. The molecule has 0 aliphatic carbocycles. The maximum absolute atomic E-state index is 12.9. The number of amides is 1. The van der Waals surface area contributed by atoms with Gasteiger partial charge in [0, 0.05) is 23.7 Å². The van der Waals surface area contributed by atoms with E-state index in [0.717, 1.165) is 4.90 Å². The maximum Gasteiger partial charge on any atom is 0.445 e. The van der Waals surface area contributed by atoms with Crippen LogP contribution in [0.3, 0.4) is 0 Å². The van der Waals surface area contributed by atoms with Crippen molar-refractivity contribution in [1.29, 1.82) is 0 Å². The van der Waals surface area contributed by atoms with Gasteiger partial charge in [-0.1, -0.05) is 30.4 Å². The van der Waals surface area contributed by atoms with Crippen LogP contribution >= 0.6 is 24.0 Å². The van der Waals surface area contributed by atoms with Crippen molar-refractivity contribution in [3.63, 3.8) is 0 Å². The highest BCUT2D eigenvalue weighted by Crippen LogP contribution is 2.34. The fourth-order valence-corrected chi connectivity index (χ4v) is 4.39. The minimum atomic E-state index is -4.71. The first-order valence-corrected chi connectivity index (χ1v) is 11.6. The normalized spacial score (nSPS) is 12.1. The van der Waals surface area contributed by atoms with E-state index in [9.17, 15) is 26.4 Å². The smallest absolute Gasteiger partial charge is 0.284 e. The molecule has 0 fully saturated rings. The third-order valence-electron chi connectivity index (χ3n) is 4.22. The molecule has 0 radical (unpaired) electrons. The molecule has 3 aromatic rings. The van der Waals surface area contributed by atoms with Crippen LogP contribution in [0.4, 0.5) is 18.3 Å². The lowest BCUT2D eigenvalue weighted by molar-refractivity contribution is -0.138. The zero-order valence-electron chi connectivity index (χ0n) is 16.1. The largest absolute Gasteiger partial charge is 0.445 e. The fraction of sp³-hybridized carbons (Fsp3) is 0.222. The average Bonchev–Trinajstić information content (AvgIpc) is 3.24. The number of hydrogen-bond donors (Lipinski definition) is 1. The molecule has 7 nitrogen and oxygen atoms in total. The Bertz CT molecular complexity index is 1230. The molecule has 2 heterocycles. The summed E-state index contributed by atoms with van der Waals surface area (Å²) in [7, 11) is -2.71. The summed E-state index contributed by atoms with van der Waals surface area (Å²) in [5.74, 6) is -1.22. The molecule has 0 bridgehead atoms. The Morgan fingerprint density at radius 2 is 1.81 bits per heavy atom. The first-order chi connectivity index (χ1) is 14.4. The number of hydrogen-bond acceptors (Lipinski definition) is 8. The first-order valence-electron chi connectivity index (χ1n) is 8.65. The molecule has 13 heteroatoms. The van der Waals surface area contributed by atoms with E-state index in [1.165, 1.54) is 26.2 Å². The van der Waals surface area contributed by atoms with Crippen LogP contribution in [-0.2, 0) is 16.0 Å². The molecule has 0 unspecified atom stereocenters. The van der Waals surface area contributed by atoms with Crippen molar-refractivity contribution in [3.05, 3.63) is 47.2 Å². The van der Waals surface area contributed by atoms with E-state index >= 15 is 0 Å². The number of sulfone groups is 1.